The molecule has 118 valence electrons. The monoisotopic (exact) mass is 381 g/mol. The zero-order valence-electron chi connectivity index (χ0n) is 13.4. The first-order chi connectivity index (χ1) is 10.1. The Kier molecular flexibility index (Phi) is 4.68. The van der Waals surface area contributed by atoms with Crippen molar-refractivity contribution in [2.75, 3.05) is 4.72 Å². The normalized spacial score (nSPS) is 11.5. The molecule has 0 fully saturated rings. The Morgan fingerprint density at radius 1 is 0.864 bits per heavy atom. The van der Waals surface area contributed by atoms with Crippen LogP contribution in [0.15, 0.2) is 33.6 Å². The fourth-order valence-corrected chi connectivity index (χ4v) is 4.58. The van der Waals surface area contributed by atoms with Gasteiger partial charge in [0.25, 0.3) is 10.0 Å². The Bertz CT molecular complexity index is 816. The van der Waals surface area contributed by atoms with Gasteiger partial charge in [0.2, 0.25) is 0 Å². The summed E-state index contributed by atoms with van der Waals surface area (Å²) in [6.45, 7) is 9.45. The summed E-state index contributed by atoms with van der Waals surface area (Å²) >= 11 is 3.38. The summed E-state index contributed by atoms with van der Waals surface area (Å²) in [4.78, 5) is 0.379. The predicted octanol–water partition coefficient (Wildman–Crippen LogP) is 4.79. The number of rotatable bonds is 3. The molecule has 0 saturated heterocycles. The number of anilines is 1. The van der Waals surface area contributed by atoms with E-state index in [2.05, 4.69) is 20.7 Å². The summed E-state index contributed by atoms with van der Waals surface area (Å²) in [5.74, 6) is 0. The highest BCUT2D eigenvalue weighted by Gasteiger charge is 2.22. The number of sulfonamides is 1. The molecule has 1 N–H and O–H groups in total. The van der Waals surface area contributed by atoms with Gasteiger partial charge in [0.15, 0.2) is 0 Å². The molecule has 0 heterocycles. The Balaban J connectivity index is 2.59. The van der Waals surface area contributed by atoms with E-state index in [0.29, 0.717) is 10.6 Å². The second kappa shape index (κ2) is 6.05. The molecule has 5 heteroatoms. The number of hydrogen-bond donors (Lipinski definition) is 1. The van der Waals surface area contributed by atoms with E-state index in [9.17, 15) is 8.42 Å². The maximum absolute atomic E-state index is 12.9. The predicted molar refractivity (Wildman–Crippen MR) is 95.1 cm³/mol. The second-order valence-corrected chi connectivity index (χ2v) is 8.19. The Morgan fingerprint density at radius 3 is 1.95 bits per heavy atom. The summed E-state index contributed by atoms with van der Waals surface area (Å²) in [6, 6.07) is 7.57. The molecule has 0 radical (unpaired) electrons. The van der Waals surface area contributed by atoms with Crippen molar-refractivity contribution in [3.63, 3.8) is 0 Å². The van der Waals surface area contributed by atoms with Crippen LogP contribution in [0.2, 0.25) is 0 Å². The molecule has 0 aliphatic rings. The summed E-state index contributed by atoms with van der Waals surface area (Å²) in [6.07, 6.45) is 0. The molecule has 2 aromatic carbocycles. The molecular weight excluding hydrogens is 362 g/mol. The largest absolute Gasteiger partial charge is 0.279 e. The molecule has 0 bridgehead atoms. The van der Waals surface area contributed by atoms with Crippen molar-refractivity contribution in [3.05, 3.63) is 56.6 Å². The van der Waals surface area contributed by atoms with E-state index >= 15 is 0 Å². The number of hydrogen-bond acceptors (Lipinski definition) is 2. The maximum Gasteiger partial charge on any atom is 0.262 e. The van der Waals surface area contributed by atoms with Crippen molar-refractivity contribution in [2.45, 2.75) is 39.5 Å². The molecule has 0 amide bonds. The Morgan fingerprint density at radius 2 is 1.41 bits per heavy atom. The van der Waals surface area contributed by atoms with Crippen LogP contribution in [0.1, 0.15) is 27.8 Å². The lowest BCUT2D eigenvalue weighted by Gasteiger charge is -2.17. The van der Waals surface area contributed by atoms with Crippen LogP contribution in [0.3, 0.4) is 0 Å². The van der Waals surface area contributed by atoms with E-state index in [1.54, 1.807) is 6.07 Å². The van der Waals surface area contributed by atoms with Crippen LogP contribution in [-0.2, 0) is 10.0 Å². The van der Waals surface area contributed by atoms with Crippen LogP contribution in [0.5, 0.6) is 0 Å². The third kappa shape index (κ3) is 3.20. The van der Waals surface area contributed by atoms with Crippen LogP contribution in [0, 0.1) is 34.6 Å². The van der Waals surface area contributed by atoms with Crippen molar-refractivity contribution in [1.82, 2.24) is 0 Å². The first-order valence-corrected chi connectivity index (χ1v) is 9.27. The van der Waals surface area contributed by atoms with Gasteiger partial charge in [-0.25, -0.2) is 8.42 Å². The Hall–Kier alpha value is -1.33. The average Bonchev–Trinajstić information content (AvgIpc) is 2.40. The number of halogens is 1. The maximum atomic E-state index is 12.9. The van der Waals surface area contributed by atoms with Crippen molar-refractivity contribution >= 4 is 31.6 Å². The summed E-state index contributed by atoms with van der Waals surface area (Å²) in [5.41, 5.74) is 5.02. The van der Waals surface area contributed by atoms with E-state index in [-0.39, 0.29) is 0 Å². The van der Waals surface area contributed by atoms with Crippen molar-refractivity contribution < 1.29 is 8.42 Å². The summed E-state index contributed by atoms with van der Waals surface area (Å²) in [7, 11) is -3.63. The van der Waals surface area contributed by atoms with Crippen LogP contribution < -0.4 is 4.72 Å². The van der Waals surface area contributed by atoms with Gasteiger partial charge in [0, 0.05) is 4.47 Å². The SMILES string of the molecule is Cc1ccc(Br)cc1NS(=O)(=O)c1c(C)c(C)cc(C)c1C. The van der Waals surface area contributed by atoms with E-state index in [4.69, 9.17) is 0 Å². The summed E-state index contributed by atoms with van der Waals surface area (Å²) < 4.78 is 29.3. The zero-order chi connectivity index (χ0) is 16.7. The molecule has 3 nitrogen and oxygen atoms in total. The topological polar surface area (TPSA) is 46.2 Å². The fraction of sp³-hybridized carbons (Fsp3) is 0.294. The van der Waals surface area contributed by atoms with Crippen molar-refractivity contribution in [1.29, 1.82) is 0 Å². The van der Waals surface area contributed by atoms with Crippen molar-refractivity contribution in [2.24, 2.45) is 0 Å². The zero-order valence-corrected chi connectivity index (χ0v) is 15.8. The number of aryl methyl sites for hydroxylation is 3. The molecule has 2 rings (SSSR count). The van der Waals surface area contributed by atoms with Crippen LogP contribution in [0.25, 0.3) is 0 Å². The third-order valence-corrected chi connectivity index (χ3v) is 6.14. The van der Waals surface area contributed by atoms with Crippen molar-refractivity contribution in [3.8, 4) is 0 Å². The lowest BCUT2D eigenvalue weighted by Crippen LogP contribution is -2.17. The quantitative estimate of drug-likeness (QED) is 0.830. The van der Waals surface area contributed by atoms with Gasteiger partial charge in [-0.15, -0.1) is 0 Å². The first-order valence-electron chi connectivity index (χ1n) is 7.00. The van der Waals surface area contributed by atoms with Gasteiger partial charge in [-0.2, -0.15) is 0 Å². The van der Waals surface area contributed by atoms with Gasteiger partial charge in [0.1, 0.15) is 0 Å². The van der Waals surface area contributed by atoms with E-state index in [0.717, 1.165) is 32.3 Å². The lowest BCUT2D eigenvalue weighted by atomic mass is 10.0. The molecular formula is C17H20BrNO2S. The van der Waals surface area contributed by atoms with Crippen LogP contribution in [0.4, 0.5) is 5.69 Å². The first kappa shape index (κ1) is 17.0. The fourth-order valence-electron chi connectivity index (χ4n) is 2.48. The van der Waals surface area contributed by atoms with Gasteiger partial charge < -0.3 is 0 Å². The molecule has 0 atom stereocenters. The van der Waals surface area contributed by atoms with Crippen LogP contribution in [-0.4, -0.2) is 8.42 Å². The van der Waals surface area contributed by atoms with Gasteiger partial charge in [-0.05, 0) is 74.6 Å². The second-order valence-electron chi connectivity index (χ2n) is 5.65. The minimum atomic E-state index is -3.63. The van der Waals surface area contributed by atoms with Crippen LogP contribution >= 0.6 is 15.9 Å². The van der Waals surface area contributed by atoms with E-state index < -0.39 is 10.0 Å². The van der Waals surface area contributed by atoms with Gasteiger partial charge in [-0.1, -0.05) is 28.1 Å². The minimum Gasteiger partial charge on any atom is -0.279 e. The highest BCUT2D eigenvalue weighted by Crippen LogP contribution is 2.29. The molecule has 22 heavy (non-hydrogen) atoms. The average molecular weight is 382 g/mol. The molecule has 2 aromatic rings. The number of benzene rings is 2. The van der Waals surface area contributed by atoms with E-state index in [1.165, 1.54) is 0 Å². The smallest absolute Gasteiger partial charge is 0.262 e. The molecule has 0 aromatic heterocycles. The van der Waals surface area contributed by atoms with Gasteiger partial charge >= 0.3 is 0 Å². The molecule has 0 aliphatic carbocycles. The highest BCUT2D eigenvalue weighted by molar-refractivity contribution is 9.10. The Labute approximate surface area is 140 Å². The molecule has 0 unspecified atom stereocenters. The minimum absolute atomic E-state index is 0.379. The highest BCUT2D eigenvalue weighted by atomic mass is 79.9. The standard InChI is InChI=1S/C17H20BrNO2S/c1-10-6-7-15(18)9-16(10)19-22(20,21)17-13(4)11(2)8-12(3)14(17)5/h6-9,19H,1-5H3. The van der Waals surface area contributed by atoms with E-state index in [1.807, 2.05) is 52.8 Å². The van der Waals surface area contributed by atoms with Gasteiger partial charge in [-0.3, -0.25) is 4.72 Å². The molecule has 0 aliphatic heterocycles. The van der Waals surface area contributed by atoms with Gasteiger partial charge in [0.05, 0.1) is 10.6 Å². The summed E-state index contributed by atoms with van der Waals surface area (Å²) in [5, 5.41) is 0. The molecule has 0 saturated carbocycles. The lowest BCUT2D eigenvalue weighted by molar-refractivity contribution is 0.599. The molecule has 0 spiro atoms. The third-order valence-electron chi connectivity index (χ3n) is 4.01. The number of nitrogens with one attached hydrogen (secondary N) is 1.